The Hall–Kier alpha value is -1.95. The lowest BCUT2D eigenvalue weighted by atomic mass is 10.0. The van der Waals surface area contributed by atoms with Gasteiger partial charge in [-0.25, -0.2) is 0 Å². The summed E-state index contributed by atoms with van der Waals surface area (Å²) < 4.78 is 0. The maximum absolute atomic E-state index is 12.7. The standard InChI is InChI=1S/C18H26N4O2/c1-14(2)22-9-5-7-16(18(22)24)20-10-12-21(13-11-20)17(23)15-6-3-4-8-19-15/h3-4,6,8,14,16H,5,7,9-13H2,1-2H3/t16-/m1/s1. The van der Waals surface area contributed by atoms with Crippen LogP contribution in [0.2, 0.25) is 0 Å². The molecule has 2 fully saturated rings. The highest BCUT2D eigenvalue weighted by Gasteiger charge is 2.36. The van der Waals surface area contributed by atoms with E-state index in [1.54, 1.807) is 12.3 Å². The quantitative estimate of drug-likeness (QED) is 0.837. The van der Waals surface area contributed by atoms with Crippen LogP contribution in [0.25, 0.3) is 0 Å². The van der Waals surface area contributed by atoms with Crippen LogP contribution in [0.1, 0.15) is 37.2 Å². The minimum absolute atomic E-state index is 0.0194. The fraction of sp³-hybridized carbons (Fsp3) is 0.611. The van der Waals surface area contributed by atoms with Gasteiger partial charge in [-0.15, -0.1) is 0 Å². The number of likely N-dealkylation sites (tertiary alicyclic amines) is 1. The third-order valence-corrected chi connectivity index (χ3v) is 4.99. The zero-order valence-electron chi connectivity index (χ0n) is 14.5. The lowest BCUT2D eigenvalue weighted by Crippen LogP contribution is -2.59. The summed E-state index contributed by atoms with van der Waals surface area (Å²) in [7, 11) is 0. The van der Waals surface area contributed by atoms with Gasteiger partial charge in [0.25, 0.3) is 5.91 Å². The van der Waals surface area contributed by atoms with Crippen molar-refractivity contribution in [2.24, 2.45) is 0 Å². The van der Waals surface area contributed by atoms with Crippen molar-refractivity contribution in [2.75, 3.05) is 32.7 Å². The van der Waals surface area contributed by atoms with Gasteiger partial charge in [0.15, 0.2) is 0 Å². The average Bonchev–Trinajstić information content (AvgIpc) is 2.62. The molecule has 2 amide bonds. The van der Waals surface area contributed by atoms with E-state index >= 15 is 0 Å². The normalized spacial score (nSPS) is 23.0. The molecule has 0 saturated carbocycles. The van der Waals surface area contributed by atoms with Crippen LogP contribution in [0, 0.1) is 0 Å². The summed E-state index contributed by atoms with van der Waals surface area (Å²) >= 11 is 0. The molecule has 3 heterocycles. The van der Waals surface area contributed by atoms with Crippen LogP contribution in [-0.4, -0.2) is 76.3 Å². The maximum atomic E-state index is 12.7. The fourth-order valence-corrected chi connectivity index (χ4v) is 3.62. The van der Waals surface area contributed by atoms with Crippen molar-refractivity contribution >= 4 is 11.8 Å². The summed E-state index contributed by atoms with van der Waals surface area (Å²) in [4.78, 5) is 35.4. The highest BCUT2D eigenvalue weighted by Crippen LogP contribution is 2.21. The van der Waals surface area contributed by atoms with Gasteiger partial charge < -0.3 is 9.80 Å². The number of carbonyl (C=O) groups is 2. The SMILES string of the molecule is CC(C)N1CCC[C@@H](N2CCN(C(=O)c3ccccn3)CC2)C1=O. The summed E-state index contributed by atoms with van der Waals surface area (Å²) in [5.74, 6) is 0.231. The number of pyridine rings is 1. The molecule has 1 atom stereocenters. The fourth-order valence-electron chi connectivity index (χ4n) is 3.62. The second-order valence-corrected chi connectivity index (χ2v) is 6.83. The Kier molecular flexibility index (Phi) is 5.14. The van der Waals surface area contributed by atoms with Gasteiger partial charge in [0.1, 0.15) is 5.69 Å². The van der Waals surface area contributed by atoms with Gasteiger partial charge in [0.05, 0.1) is 6.04 Å². The summed E-state index contributed by atoms with van der Waals surface area (Å²) in [6.45, 7) is 7.82. The second kappa shape index (κ2) is 7.30. The molecule has 0 bridgehead atoms. The van der Waals surface area contributed by atoms with Crippen LogP contribution in [0.5, 0.6) is 0 Å². The first-order valence-electron chi connectivity index (χ1n) is 8.83. The second-order valence-electron chi connectivity index (χ2n) is 6.83. The smallest absolute Gasteiger partial charge is 0.272 e. The largest absolute Gasteiger partial charge is 0.339 e. The highest BCUT2D eigenvalue weighted by molar-refractivity contribution is 5.92. The van der Waals surface area contributed by atoms with Gasteiger partial charge in [-0.05, 0) is 38.8 Å². The summed E-state index contributed by atoms with van der Waals surface area (Å²) in [6.07, 6.45) is 3.63. The molecular weight excluding hydrogens is 304 g/mol. The molecule has 3 rings (SSSR count). The highest BCUT2D eigenvalue weighted by atomic mass is 16.2. The van der Waals surface area contributed by atoms with E-state index in [0.717, 1.165) is 32.5 Å². The first-order chi connectivity index (χ1) is 11.6. The minimum atomic E-state index is -0.0201. The molecule has 0 spiro atoms. The number of hydrogen-bond donors (Lipinski definition) is 0. The van der Waals surface area contributed by atoms with Gasteiger partial charge in [-0.1, -0.05) is 6.07 Å². The maximum Gasteiger partial charge on any atom is 0.272 e. The lowest BCUT2D eigenvalue weighted by molar-refractivity contribution is -0.142. The molecule has 2 saturated heterocycles. The van der Waals surface area contributed by atoms with Crippen LogP contribution < -0.4 is 0 Å². The number of piperazine rings is 1. The Balaban J connectivity index is 1.59. The Labute approximate surface area is 143 Å². The Morgan fingerprint density at radius 1 is 1.17 bits per heavy atom. The van der Waals surface area contributed by atoms with Crippen LogP contribution in [0.15, 0.2) is 24.4 Å². The summed E-state index contributed by atoms with van der Waals surface area (Å²) in [6, 6.07) is 5.63. The number of amides is 2. The molecule has 0 N–H and O–H groups in total. The average molecular weight is 330 g/mol. The van der Waals surface area contributed by atoms with Crippen LogP contribution in [-0.2, 0) is 4.79 Å². The predicted molar refractivity (Wildman–Crippen MR) is 91.6 cm³/mol. The molecule has 6 heteroatoms. The predicted octanol–water partition coefficient (Wildman–Crippen LogP) is 1.24. The molecule has 0 radical (unpaired) electrons. The van der Waals surface area contributed by atoms with E-state index < -0.39 is 0 Å². The van der Waals surface area contributed by atoms with E-state index in [0.29, 0.717) is 18.8 Å². The van der Waals surface area contributed by atoms with Crippen molar-refractivity contribution < 1.29 is 9.59 Å². The van der Waals surface area contributed by atoms with Crippen LogP contribution in [0.3, 0.4) is 0 Å². The monoisotopic (exact) mass is 330 g/mol. The molecule has 0 aliphatic carbocycles. The van der Waals surface area contributed by atoms with Crippen molar-refractivity contribution in [1.29, 1.82) is 0 Å². The Morgan fingerprint density at radius 2 is 1.92 bits per heavy atom. The number of aromatic nitrogens is 1. The number of piperidine rings is 1. The van der Waals surface area contributed by atoms with E-state index in [2.05, 4.69) is 23.7 Å². The summed E-state index contributed by atoms with van der Waals surface area (Å²) in [5.41, 5.74) is 0.491. The molecule has 130 valence electrons. The molecule has 0 unspecified atom stereocenters. The third-order valence-electron chi connectivity index (χ3n) is 4.99. The molecular formula is C18H26N4O2. The summed E-state index contributed by atoms with van der Waals surface area (Å²) in [5, 5.41) is 0. The van der Waals surface area contributed by atoms with Crippen molar-refractivity contribution in [3.05, 3.63) is 30.1 Å². The number of carbonyl (C=O) groups excluding carboxylic acids is 2. The van der Waals surface area contributed by atoms with E-state index in [1.165, 1.54) is 0 Å². The van der Waals surface area contributed by atoms with Gasteiger partial charge in [-0.3, -0.25) is 19.5 Å². The van der Waals surface area contributed by atoms with E-state index in [-0.39, 0.29) is 23.9 Å². The molecule has 0 aromatic carbocycles. The molecule has 24 heavy (non-hydrogen) atoms. The number of hydrogen-bond acceptors (Lipinski definition) is 4. The zero-order valence-corrected chi connectivity index (χ0v) is 14.5. The first kappa shape index (κ1) is 16.9. The molecule has 1 aromatic heterocycles. The molecule has 2 aliphatic rings. The van der Waals surface area contributed by atoms with Gasteiger partial charge >= 0.3 is 0 Å². The number of nitrogens with zero attached hydrogens (tertiary/aromatic N) is 4. The van der Waals surface area contributed by atoms with Crippen molar-refractivity contribution in [3.63, 3.8) is 0 Å². The van der Waals surface area contributed by atoms with Crippen LogP contribution >= 0.6 is 0 Å². The topological polar surface area (TPSA) is 56.8 Å². The van der Waals surface area contributed by atoms with Crippen molar-refractivity contribution in [2.45, 2.75) is 38.8 Å². The Bertz CT molecular complexity index is 582. The van der Waals surface area contributed by atoms with E-state index in [4.69, 9.17) is 0 Å². The molecule has 6 nitrogen and oxygen atoms in total. The van der Waals surface area contributed by atoms with Gasteiger partial charge in [0, 0.05) is 45.0 Å². The minimum Gasteiger partial charge on any atom is -0.339 e. The van der Waals surface area contributed by atoms with Crippen molar-refractivity contribution in [1.82, 2.24) is 19.7 Å². The number of rotatable bonds is 3. The first-order valence-corrected chi connectivity index (χ1v) is 8.83. The molecule has 1 aromatic rings. The Morgan fingerprint density at radius 3 is 2.54 bits per heavy atom. The van der Waals surface area contributed by atoms with Crippen LogP contribution in [0.4, 0.5) is 0 Å². The van der Waals surface area contributed by atoms with Crippen molar-refractivity contribution in [3.8, 4) is 0 Å². The van der Waals surface area contributed by atoms with E-state index in [1.807, 2.05) is 21.9 Å². The zero-order chi connectivity index (χ0) is 17.1. The van der Waals surface area contributed by atoms with Gasteiger partial charge in [-0.2, -0.15) is 0 Å². The van der Waals surface area contributed by atoms with Gasteiger partial charge in [0.2, 0.25) is 5.91 Å². The van der Waals surface area contributed by atoms with E-state index in [9.17, 15) is 9.59 Å². The lowest BCUT2D eigenvalue weighted by Gasteiger charge is -2.43. The molecule has 2 aliphatic heterocycles. The third kappa shape index (κ3) is 3.43.